The minimum absolute atomic E-state index is 0.0461. The summed E-state index contributed by atoms with van der Waals surface area (Å²) in [5, 5.41) is 0. The zero-order valence-corrected chi connectivity index (χ0v) is 11.4. The lowest BCUT2D eigenvalue weighted by Gasteiger charge is -2.10. The zero-order valence-electron chi connectivity index (χ0n) is 9.04. The second-order valence-electron chi connectivity index (χ2n) is 3.35. The summed E-state index contributed by atoms with van der Waals surface area (Å²) in [6, 6.07) is 4.43. The average Bonchev–Trinajstić information content (AvgIpc) is 2.32. The number of halogens is 1. The van der Waals surface area contributed by atoms with E-state index in [-0.39, 0.29) is 10.7 Å². The highest BCUT2D eigenvalue weighted by Crippen LogP contribution is 2.24. The van der Waals surface area contributed by atoms with Gasteiger partial charge in [0.1, 0.15) is 10.7 Å². The van der Waals surface area contributed by atoms with E-state index in [0.29, 0.717) is 10.2 Å². The Balaban J connectivity index is 2.40. The van der Waals surface area contributed by atoms with Crippen LogP contribution in [0.1, 0.15) is 0 Å². The van der Waals surface area contributed by atoms with Crippen molar-refractivity contribution in [3.8, 4) is 0 Å². The molecule has 0 aliphatic heterocycles. The summed E-state index contributed by atoms with van der Waals surface area (Å²) in [5.74, 6) is -0.0461. The molecule has 3 N–H and O–H groups in total. The molecule has 2 rings (SSSR count). The third kappa shape index (κ3) is 2.59. The number of hydrogen-bond donors (Lipinski definition) is 2. The highest BCUT2D eigenvalue weighted by atomic mass is 79.9. The van der Waals surface area contributed by atoms with Crippen LogP contribution >= 0.6 is 15.9 Å². The minimum atomic E-state index is -3.76. The number of nitrogen functional groups attached to an aromatic ring is 1. The van der Waals surface area contributed by atoms with E-state index in [1.165, 1.54) is 36.8 Å². The van der Waals surface area contributed by atoms with Gasteiger partial charge in [0.15, 0.2) is 0 Å². The Kier molecular flexibility index (Phi) is 3.48. The fourth-order valence-electron chi connectivity index (χ4n) is 1.29. The van der Waals surface area contributed by atoms with Crippen molar-refractivity contribution in [2.24, 2.45) is 0 Å². The predicted octanol–water partition coefficient (Wildman–Crippen LogP) is 1.62. The first-order chi connectivity index (χ1) is 8.50. The number of rotatable bonds is 3. The Labute approximate surface area is 112 Å². The molecule has 2 aromatic heterocycles. The number of anilines is 2. The number of hydrogen-bond acceptors (Lipinski definition) is 5. The van der Waals surface area contributed by atoms with Crippen LogP contribution in [0.4, 0.5) is 11.5 Å². The van der Waals surface area contributed by atoms with E-state index in [1.54, 1.807) is 0 Å². The van der Waals surface area contributed by atoms with Gasteiger partial charge in [-0.2, -0.15) is 0 Å². The summed E-state index contributed by atoms with van der Waals surface area (Å²) in [4.78, 5) is 7.53. The molecule has 0 aliphatic carbocycles. The molecule has 2 aromatic rings. The Bertz CT molecular complexity index is 675. The first kappa shape index (κ1) is 12.8. The summed E-state index contributed by atoms with van der Waals surface area (Å²) in [7, 11) is -3.76. The molecule has 0 saturated heterocycles. The second-order valence-corrected chi connectivity index (χ2v) is 5.85. The zero-order chi connectivity index (χ0) is 13.2. The fraction of sp³-hybridized carbons (Fsp3) is 0. The summed E-state index contributed by atoms with van der Waals surface area (Å²) >= 11 is 3.20. The van der Waals surface area contributed by atoms with Gasteiger partial charge in [0, 0.05) is 18.6 Å². The van der Waals surface area contributed by atoms with Crippen LogP contribution in [0.15, 0.2) is 46.2 Å². The molecule has 0 spiro atoms. The van der Waals surface area contributed by atoms with Gasteiger partial charge in [-0.25, -0.2) is 13.4 Å². The summed E-state index contributed by atoms with van der Waals surface area (Å²) in [6.07, 6.45) is 4.40. The lowest BCUT2D eigenvalue weighted by Crippen LogP contribution is -2.15. The molecular weight excluding hydrogens is 320 g/mol. The van der Waals surface area contributed by atoms with Gasteiger partial charge in [-0.15, -0.1) is 0 Å². The summed E-state index contributed by atoms with van der Waals surface area (Å²) in [6.45, 7) is 0. The lowest BCUT2D eigenvalue weighted by molar-refractivity contribution is 0.601. The van der Waals surface area contributed by atoms with Crippen LogP contribution in [0.5, 0.6) is 0 Å². The average molecular weight is 329 g/mol. The van der Waals surface area contributed by atoms with E-state index < -0.39 is 10.0 Å². The van der Waals surface area contributed by atoms with E-state index in [4.69, 9.17) is 5.73 Å². The molecule has 0 saturated carbocycles. The number of sulfonamides is 1. The maximum Gasteiger partial charge on any atom is 0.265 e. The van der Waals surface area contributed by atoms with Crippen molar-refractivity contribution in [2.75, 3.05) is 10.5 Å². The van der Waals surface area contributed by atoms with Crippen molar-refractivity contribution in [1.82, 2.24) is 9.97 Å². The number of nitrogens with one attached hydrogen (secondary N) is 1. The van der Waals surface area contributed by atoms with Crippen molar-refractivity contribution in [3.05, 3.63) is 41.3 Å². The monoisotopic (exact) mass is 328 g/mol. The second kappa shape index (κ2) is 4.91. The van der Waals surface area contributed by atoms with Gasteiger partial charge in [-0.05, 0) is 34.1 Å². The van der Waals surface area contributed by atoms with E-state index in [2.05, 4.69) is 30.6 Å². The van der Waals surface area contributed by atoms with Crippen LogP contribution in [0, 0.1) is 0 Å². The standard InChI is InChI=1S/C10H9BrN4O2S/c11-7-6-13-5-3-8(7)15-18(16,17)9-2-1-4-14-10(9)12/h1-6H,(H2,12,14)(H,13,15). The number of pyridine rings is 2. The Morgan fingerprint density at radius 2 is 2.06 bits per heavy atom. The number of aromatic nitrogens is 2. The van der Waals surface area contributed by atoms with Crippen LogP contribution in [-0.4, -0.2) is 18.4 Å². The molecule has 0 aromatic carbocycles. The normalized spacial score (nSPS) is 11.2. The van der Waals surface area contributed by atoms with Crippen molar-refractivity contribution < 1.29 is 8.42 Å². The van der Waals surface area contributed by atoms with Gasteiger partial charge >= 0.3 is 0 Å². The largest absolute Gasteiger partial charge is 0.383 e. The Morgan fingerprint density at radius 3 is 2.72 bits per heavy atom. The highest BCUT2D eigenvalue weighted by Gasteiger charge is 2.18. The number of nitrogens with zero attached hydrogens (tertiary/aromatic N) is 2. The molecule has 0 radical (unpaired) electrons. The third-order valence-corrected chi connectivity index (χ3v) is 4.15. The number of nitrogens with two attached hydrogens (primary N) is 1. The smallest absolute Gasteiger partial charge is 0.265 e. The Hall–Kier alpha value is -1.67. The van der Waals surface area contributed by atoms with Gasteiger partial charge in [-0.1, -0.05) is 0 Å². The van der Waals surface area contributed by atoms with E-state index in [1.807, 2.05) is 0 Å². The van der Waals surface area contributed by atoms with Gasteiger partial charge in [-0.3, -0.25) is 9.71 Å². The van der Waals surface area contributed by atoms with E-state index >= 15 is 0 Å². The Morgan fingerprint density at radius 1 is 1.28 bits per heavy atom. The molecule has 2 heterocycles. The topological polar surface area (TPSA) is 98.0 Å². The van der Waals surface area contributed by atoms with E-state index in [9.17, 15) is 8.42 Å². The maximum atomic E-state index is 12.1. The first-order valence-corrected chi connectivity index (χ1v) is 7.11. The molecule has 0 bridgehead atoms. The van der Waals surface area contributed by atoms with E-state index in [0.717, 1.165) is 0 Å². The van der Waals surface area contributed by atoms with Crippen molar-refractivity contribution >= 4 is 37.5 Å². The fourth-order valence-corrected chi connectivity index (χ4v) is 2.93. The highest BCUT2D eigenvalue weighted by molar-refractivity contribution is 9.10. The molecule has 0 amide bonds. The van der Waals surface area contributed by atoms with Crippen LogP contribution in [0.25, 0.3) is 0 Å². The summed E-state index contributed by atoms with van der Waals surface area (Å²) in [5.41, 5.74) is 5.93. The molecule has 0 fully saturated rings. The van der Waals surface area contributed by atoms with Crippen LogP contribution in [0.2, 0.25) is 0 Å². The molecule has 18 heavy (non-hydrogen) atoms. The quantitative estimate of drug-likeness (QED) is 0.892. The third-order valence-electron chi connectivity index (χ3n) is 2.11. The molecule has 8 heteroatoms. The molecule has 0 unspecified atom stereocenters. The lowest BCUT2D eigenvalue weighted by atomic mass is 10.4. The van der Waals surface area contributed by atoms with Gasteiger partial charge in [0.2, 0.25) is 0 Å². The summed E-state index contributed by atoms with van der Waals surface area (Å²) < 4.78 is 27.2. The molecule has 6 nitrogen and oxygen atoms in total. The van der Waals surface area contributed by atoms with Crippen LogP contribution in [0.3, 0.4) is 0 Å². The molecule has 94 valence electrons. The molecule has 0 atom stereocenters. The minimum Gasteiger partial charge on any atom is -0.383 e. The molecular formula is C10H9BrN4O2S. The van der Waals surface area contributed by atoms with Crippen molar-refractivity contribution in [2.45, 2.75) is 4.90 Å². The van der Waals surface area contributed by atoms with Gasteiger partial charge in [0.05, 0.1) is 10.2 Å². The maximum absolute atomic E-state index is 12.1. The molecule has 0 aliphatic rings. The van der Waals surface area contributed by atoms with Crippen molar-refractivity contribution in [1.29, 1.82) is 0 Å². The van der Waals surface area contributed by atoms with Gasteiger partial charge < -0.3 is 5.73 Å². The van der Waals surface area contributed by atoms with Gasteiger partial charge in [0.25, 0.3) is 10.0 Å². The SMILES string of the molecule is Nc1ncccc1S(=O)(=O)Nc1ccncc1Br. The first-order valence-electron chi connectivity index (χ1n) is 4.83. The van der Waals surface area contributed by atoms with Crippen molar-refractivity contribution in [3.63, 3.8) is 0 Å². The van der Waals surface area contributed by atoms with Crippen LogP contribution in [-0.2, 0) is 10.0 Å². The van der Waals surface area contributed by atoms with Crippen LogP contribution < -0.4 is 10.5 Å². The predicted molar refractivity (Wildman–Crippen MR) is 71.4 cm³/mol.